The highest BCUT2D eigenvalue weighted by Crippen LogP contribution is 2.17. The molecule has 0 fully saturated rings. The van der Waals surface area contributed by atoms with Crippen molar-refractivity contribution in [2.24, 2.45) is 11.5 Å². The number of nitrogens with two attached hydrogens (primary N) is 2. The quantitative estimate of drug-likeness (QED) is 0.771. The van der Waals surface area contributed by atoms with Gasteiger partial charge in [-0.05, 0) is 21.5 Å². The zero-order chi connectivity index (χ0) is 9.14. The van der Waals surface area contributed by atoms with Crippen LogP contribution in [0.4, 0.5) is 0 Å². The average Bonchev–Trinajstić information content (AvgIpc) is 2.03. The lowest BCUT2D eigenvalue weighted by molar-refractivity contribution is 0.0998. The van der Waals surface area contributed by atoms with E-state index in [1.807, 2.05) is 0 Å². The van der Waals surface area contributed by atoms with E-state index < -0.39 is 5.91 Å². The van der Waals surface area contributed by atoms with Crippen molar-refractivity contribution in [3.8, 4) is 0 Å². The van der Waals surface area contributed by atoms with Crippen LogP contribution in [0.1, 0.15) is 15.9 Å². The van der Waals surface area contributed by atoms with Gasteiger partial charge in [0.2, 0.25) is 5.91 Å². The molecule has 0 saturated carbocycles. The third-order valence-electron chi connectivity index (χ3n) is 1.44. The minimum atomic E-state index is -0.496. The van der Waals surface area contributed by atoms with Crippen LogP contribution in [0.5, 0.6) is 0 Å². The van der Waals surface area contributed by atoms with Crippen molar-refractivity contribution < 1.29 is 4.79 Å². The standard InChI is InChI=1S/C7H8BrN3O/c8-5-3-11-2-4(1-9)6(5)7(10)12/h2-3H,1,9H2,(H2,10,12). The van der Waals surface area contributed by atoms with Gasteiger partial charge in [-0.3, -0.25) is 9.78 Å². The fourth-order valence-electron chi connectivity index (χ4n) is 0.906. The van der Waals surface area contributed by atoms with E-state index in [4.69, 9.17) is 11.5 Å². The first-order valence-electron chi connectivity index (χ1n) is 3.29. The van der Waals surface area contributed by atoms with Crippen molar-refractivity contribution in [2.75, 3.05) is 0 Å². The van der Waals surface area contributed by atoms with Gasteiger partial charge in [-0.2, -0.15) is 0 Å². The van der Waals surface area contributed by atoms with Gasteiger partial charge in [0.05, 0.1) is 5.56 Å². The van der Waals surface area contributed by atoms with E-state index in [9.17, 15) is 4.79 Å². The molecular weight excluding hydrogens is 222 g/mol. The van der Waals surface area contributed by atoms with Gasteiger partial charge in [0.15, 0.2) is 0 Å². The summed E-state index contributed by atoms with van der Waals surface area (Å²) in [7, 11) is 0. The Morgan fingerprint density at radius 3 is 2.67 bits per heavy atom. The Morgan fingerprint density at radius 2 is 2.25 bits per heavy atom. The van der Waals surface area contributed by atoms with E-state index in [-0.39, 0.29) is 6.54 Å². The average molecular weight is 230 g/mol. The highest BCUT2D eigenvalue weighted by molar-refractivity contribution is 9.10. The molecule has 64 valence electrons. The number of amides is 1. The van der Waals surface area contributed by atoms with Gasteiger partial charge < -0.3 is 11.5 Å². The van der Waals surface area contributed by atoms with E-state index in [1.54, 1.807) is 0 Å². The van der Waals surface area contributed by atoms with Gasteiger partial charge in [-0.15, -0.1) is 0 Å². The van der Waals surface area contributed by atoms with Crippen molar-refractivity contribution in [2.45, 2.75) is 6.54 Å². The minimum Gasteiger partial charge on any atom is -0.366 e. The lowest BCUT2D eigenvalue weighted by Gasteiger charge is -2.04. The van der Waals surface area contributed by atoms with E-state index in [0.29, 0.717) is 15.6 Å². The van der Waals surface area contributed by atoms with E-state index in [0.717, 1.165) is 0 Å². The van der Waals surface area contributed by atoms with Gasteiger partial charge in [0, 0.05) is 23.4 Å². The van der Waals surface area contributed by atoms with E-state index >= 15 is 0 Å². The van der Waals surface area contributed by atoms with Crippen molar-refractivity contribution in [3.63, 3.8) is 0 Å². The number of primary amides is 1. The maximum atomic E-state index is 10.9. The van der Waals surface area contributed by atoms with Crippen LogP contribution in [0.3, 0.4) is 0 Å². The molecule has 0 spiro atoms. The van der Waals surface area contributed by atoms with Crippen molar-refractivity contribution in [3.05, 3.63) is 28.0 Å². The molecule has 0 aromatic carbocycles. The van der Waals surface area contributed by atoms with Crippen LogP contribution in [0.25, 0.3) is 0 Å². The lowest BCUT2D eigenvalue weighted by atomic mass is 10.1. The first-order valence-corrected chi connectivity index (χ1v) is 4.08. The predicted molar refractivity (Wildman–Crippen MR) is 48.3 cm³/mol. The molecule has 0 atom stereocenters. The fraction of sp³-hybridized carbons (Fsp3) is 0.143. The molecule has 0 aliphatic heterocycles. The summed E-state index contributed by atoms with van der Waals surface area (Å²) in [6, 6.07) is 0. The van der Waals surface area contributed by atoms with Crippen LogP contribution in [-0.2, 0) is 6.54 Å². The zero-order valence-corrected chi connectivity index (χ0v) is 7.84. The molecule has 5 heteroatoms. The second-order valence-corrected chi connectivity index (χ2v) is 3.08. The Morgan fingerprint density at radius 1 is 1.58 bits per heavy atom. The Kier molecular flexibility index (Phi) is 2.78. The molecule has 0 aliphatic carbocycles. The second-order valence-electron chi connectivity index (χ2n) is 2.22. The molecule has 4 nitrogen and oxygen atoms in total. The predicted octanol–water partition coefficient (Wildman–Crippen LogP) is 0.402. The van der Waals surface area contributed by atoms with Crippen molar-refractivity contribution in [1.82, 2.24) is 4.98 Å². The maximum absolute atomic E-state index is 10.9. The summed E-state index contributed by atoms with van der Waals surface area (Å²) >= 11 is 3.17. The summed E-state index contributed by atoms with van der Waals surface area (Å²) in [6.45, 7) is 0.255. The molecule has 12 heavy (non-hydrogen) atoms. The number of hydrogen-bond donors (Lipinski definition) is 2. The molecular formula is C7H8BrN3O. The molecule has 0 saturated heterocycles. The molecule has 0 unspecified atom stereocenters. The third kappa shape index (κ3) is 1.62. The minimum absolute atomic E-state index is 0.255. The van der Waals surface area contributed by atoms with Gasteiger partial charge in [0.25, 0.3) is 0 Å². The number of hydrogen-bond acceptors (Lipinski definition) is 3. The molecule has 1 aromatic heterocycles. The Bertz CT molecular complexity index is 314. The topological polar surface area (TPSA) is 82.0 Å². The summed E-state index contributed by atoms with van der Waals surface area (Å²) in [4.78, 5) is 14.8. The lowest BCUT2D eigenvalue weighted by Crippen LogP contribution is -2.16. The van der Waals surface area contributed by atoms with Crippen LogP contribution < -0.4 is 11.5 Å². The van der Waals surface area contributed by atoms with Crippen LogP contribution >= 0.6 is 15.9 Å². The summed E-state index contributed by atoms with van der Waals surface area (Å²) in [6.07, 6.45) is 3.05. The number of pyridine rings is 1. The number of carbonyl (C=O) groups excluding carboxylic acids is 1. The molecule has 1 heterocycles. The molecule has 0 bridgehead atoms. The summed E-state index contributed by atoms with van der Waals surface area (Å²) in [5.74, 6) is -0.496. The summed E-state index contributed by atoms with van der Waals surface area (Å²) in [5, 5.41) is 0. The highest BCUT2D eigenvalue weighted by Gasteiger charge is 2.10. The number of rotatable bonds is 2. The van der Waals surface area contributed by atoms with Gasteiger partial charge in [-0.1, -0.05) is 0 Å². The van der Waals surface area contributed by atoms with Crippen LogP contribution in [-0.4, -0.2) is 10.9 Å². The first-order chi connectivity index (χ1) is 5.66. The van der Waals surface area contributed by atoms with Crippen molar-refractivity contribution in [1.29, 1.82) is 0 Å². The number of aromatic nitrogens is 1. The van der Waals surface area contributed by atoms with Gasteiger partial charge >= 0.3 is 0 Å². The first kappa shape index (κ1) is 9.15. The monoisotopic (exact) mass is 229 g/mol. The van der Waals surface area contributed by atoms with Gasteiger partial charge in [0.1, 0.15) is 0 Å². The second kappa shape index (κ2) is 3.64. The number of carbonyl (C=O) groups is 1. The van der Waals surface area contributed by atoms with Crippen LogP contribution in [0.2, 0.25) is 0 Å². The van der Waals surface area contributed by atoms with E-state index in [1.165, 1.54) is 12.4 Å². The molecule has 0 radical (unpaired) electrons. The smallest absolute Gasteiger partial charge is 0.250 e. The number of halogens is 1. The Labute approximate surface area is 78.1 Å². The van der Waals surface area contributed by atoms with Gasteiger partial charge in [-0.25, -0.2) is 0 Å². The number of nitrogens with zero attached hydrogens (tertiary/aromatic N) is 1. The molecule has 1 aromatic rings. The molecule has 0 aliphatic rings. The summed E-state index contributed by atoms with van der Waals surface area (Å²) < 4.78 is 0.581. The molecule has 4 N–H and O–H groups in total. The SMILES string of the molecule is NCc1cncc(Br)c1C(N)=O. The fourth-order valence-corrected chi connectivity index (χ4v) is 1.47. The molecule has 1 amide bonds. The van der Waals surface area contributed by atoms with Crippen LogP contribution in [0, 0.1) is 0 Å². The zero-order valence-electron chi connectivity index (χ0n) is 6.25. The Hall–Kier alpha value is -0.940. The highest BCUT2D eigenvalue weighted by atomic mass is 79.9. The molecule has 1 rings (SSSR count). The third-order valence-corrected chi connectivity index (χ3v) is 2.05. The maximum Gasteiger partial charge on any atom is 0.250 e. The Balaban J connectivity index is 3.29. The van der Waals surface area contributed by atoms with Crippen molar-refractivity contribution >= 4 is 21.8 Å². The van der Waals surface area contributed by atoms with E-state index in [2.05, 4.69) is 20.9 Å². The van der Waals surface area contributed by atoms with Crippen LogP contribution in [0.15, 0.2) is 16.9 Å². The normalized spacial score (nSPS) is 9.83. The largest absolute Gasteiger partial charge is 0.366 e. The summed E-state index contributed by atoms with van der Waals surface area (Å²) in [5.41, 5.74) is 11.6.